The number of ether oxygens (including phenoxy) is 1. The van der Waals surface area contributed by atoms with E-state index in [1.54, 1.807) is 7.11 Å². The van der Waals surface area contributed by atoms with Crippen LogP contribution < -0.4 is 10.1 Å². The van der Waals surface area contributed by atoms with Gasteiger partial charge >= 0.3 is 0 Å². The Balaban J connectivity index is 2.86. The fourth-order valence-electron chi connectivity index (χ4n) is 2.37. The molecule has 0 fully saturated rings. The third-order valence-electron chi connectivity index (χ3n) is 3.56. The van der Waals surface area contributed by atoms with Crippen molar-refractivity contribution in [3.63, 3.8) is 0 Å². The summed E-state index contributed by atoms with van der Waals surface area (Å²) in [5.41, 5.74) is 2.47. The zero-order valence-corrected chi connectivity index (χ0v) is 12.6. The average molecular weight is 249 g/mol. The Morgan fingerprint density at radius 1 is 1.22 bits per heavy atom. The van der Waals surface area contributed by atoms with Gasteiger partial charge in [-0.25, -0.2) is 0 Å². The summed E-state index contributed by atoms with van der Waals surface area (Å²) in [5.74, 6) is 1.63. The van der Waals surface area contributed by atoms with Crippen LogP contribution in [0.3, 0.4) is 0 Å². The molecule has 0 radical (unpaired) electrons. The molecule has 0 spiro atoms. The second kappa shape index (κ2) is 6.79. The van der Waals surface area contributed by atoms with Gasteiger partial charge in [0.1, 0.15) is 5.75 Å². The number of hydrogen-bond donors (Lipinski definition) is 1. The van der Waals surface area contributed by atoms with E-state index in [1.165, 1.54) is 11.1 Å². The number of aryl methyl sites for hydroxylation is 1. The van der Waals surface area contributed by atoms with E-state index in [9.17, 15) is 0 Å². The predicted molar refractivity (Wildman–Crippen MR) is 78.2 cm³/mol. The predicted octanol–water partition coefficient (Wildman–Crippen LogP) is 4.09. The molecule has 0 saturated carbocycles. The van der Waals surface area contributed by atoms with Crippen LogP contribution in [-0.4, -0.2) is 13.2 Å². The first-order valence-corrected chi connectivity index (χ1v) is 6.90. The average Bonchev–Trinajstić information content (AvgIpc) is 2.34. The van der Waals surface area contributed by atoms with Gasteiger partial charge in [-0.15, -0.1) is 0 Å². The third kappa shape index (κ3) is 3.74. The van der Waals surface area contributed by atoms with Gasteiger partial charge in [0.25, 0.3) is 0 Å². The minimum atomic E-state index is 0.313. The highest BCUT2D eigenvalue weighted by molar-refractivity contribution is 5.39. The van der Waals surface area contributed by atoms with Crippen LogP contribution >= 0.6 is 0 Å². The van der Waals surface area contributed by atoms with Gasteiger partial charge in [0.05, 0.1) is 7.11 Å². The molecule has 102 valence electrons. The largest absolute Gasteiger partial charge is 0.496 e. The summed E-state index contributed by atoms with van der Waals surface area (Å²) in [6.07, 6.45) is 1.15. The van der Waals surface area contributed by atoms with Gasteiger partial charge in [-0.05, 0) is 37.8 Å². The molecule has 2 atom stereocenters. The highest BCUT2D eigenvalue weighted by Crippen LogP contribution is 2.27. The van der Waals surface area contributed by atoms with Gasteiger partial charge in [-0.2, -0.15) is 0 Å². The van der Waals surface area contributed by atoms with Gasteiger partial charge < -0.3 is 10.1 Å². The smallest absolute Gasteiger partial charge is 0.123 e. The van der Waals surface area contributed by atoms with E-state index < -0.39 is 0 Å². The second-order valence-electron chi connectivity index (χ2n) is 5.39. The first kappa shape index (κ1) is 15.0. The maximum atomic E-state index is 5.48. The molecule has 18 heavy (non-hydrogen) atoms. The molecule has 0 heterocycles. The summed E-state index contributed by atoms with van der Waals surface area (Å²) >= 11 is 0. The number of nitrogens with one attached hydrogen (secondary N) is 1. The van der Waals surface area contributed by atoms with Crippen LogP contribution in [0.2, 0.25) is 0 Å². The Labute approximate surface area is 112 Å². The molecular weight excluding hydrogens is 222 g/mol. The molecule has 0 bridgehead atoms. The molecular formula is C16H27NO. The maximum Gasteiger partial charge on any atom is 0.123 e. The Morgan fingerprint density at radius 3 is 2.39 bits per heavy atom. The lowest BCUT2D eigenvalue weighted by Gasteiger charge is -2.26. The molecule has 1 aromatic carbocycles. The summed E-state index contributed by atoms with van der Waals surface area (Å²) in [4.78, 5) is 0. The number of rotatable bonds is 6. The maximum absolute atomic E-state index is 5.48. The van der Waals surface area contributed by atoms with Crippen molar-refractivity contribution in [3.05, 3.63) is 29.3 Å². The lowest BCUT2D eigenvalue weighted by molar-refractivity contribution is 0.345. The summed E-state index contributed by atoms with van der Waals surface area (Å²) in [6.45, 7) is 11.1. The fourth-order valence-corrected chi connectivity index (χ4v) is 2.37. The summed E-state index contributed by atoms with van der Waals surface area (Å²) in [6, 6.07) is 7.27. The monoisotopic (exact) mass is 249 g/mol. The van der Waals surface area contributed by atoms with E-state index in [-0.39, 0.29) is 0 Å². The minimum Gasteiger partial charge on any atom is -0.496 e. The van der Waals surface area contributed by atoms with Crippen LogP contribution in [0.15, 0.2) is 18.2 Å². The SMILES string of the molecule is CCC(NC(C)c1ccc(C)cc1OC)C(C)C. The lowest BCUT2D eigenvalue weighted by atomic mass is 9.98. The summed E-state index contributed by atoms with van der Waals surface area (Å²) in [7, 11) is 1.74. The zero-order chi connectivity index (χ0) is 13.7. The van der Waals surface area contributed by atoms with Crippen LogP contribution in [0.1, 0.15) is 51.3 Å². The van der Waals surface area contributed by atoms with Crippen LogP contribution in [0.25, 0.3) is 0 Å². The van der Waals surface area contributed by atoms with Crippen LogP contribution in [-0.2, 0) is 0 Å². The topological polar surface area (TPSA) is 21.3 Å². The molecule has 1 rings (SSSR count). The Bertz CT molecular complexity index is 373. The molecule has 0 aromatic heterocycles. The van der Waals surface area contributed by atoms with E-state index in [0.717, 1.165) is 12.2 Å². The lowest BCUT2D eigenvalue weighted by Crippen LogP contribution is -2.35. The van der Waals surface area contributed by atoms with Gasteiger partial charge in [-0.1, -0.05) is 32.9 Å². The van der Waals surface area contributed by atoms with Gasteiger partial charge in [0, 0.05) is 17.6 Å². The van der Waals surface area contributed by atoms with E-state index in [4.69, 9.17) is 4.74 Å². The molecule has 0 amide bonds. The van der Waals surface area contributed by atoms with Crippen molar-refractivity contribution < 1.29 is 4.74 Å². The molecule has 1 aromatic rings. The first-order valence-electron chi connectivity index (χ1n) is 6.90. The molecule has 0 saturated heterocycles. The number of methoxy groups -OCH3 is 1. The van der Waals surface area contributed by atoms with E-state index in [2.05, 4.69) is 58.1 Å². The number of hydrogen-bond acceptors (Lipinski definition) is 2. The van der Waals surface area contributed by atoms with Crippen molar-refractivity contribution in [2.24, 2.45) is 5.92 Å². The van der Waals surface area contributed by atoms with E-state index in [1.807, 2.05) is 0 Å². The first-order chi connectivity index (χ1) is 8.49. The van der Waals surface area contributed by atoms with Crippen LogP contribution in [0, 0.1) is 12.8 Å². The zero-order valence-electron chi connectivity index (χ0n) is 12.6. The van der Waals surface area contributed by atoms with Crippen LogP contribution in [0.5, 0.6) is 5.75 Å². The fraction of sp³-hybridized carbons (Fsp3) is 0.625. The second-order valence-corrected chi connectivity index (χ2v) is 5.39. The highest BCUT2D eigenvalue weighted by atomic mass is 16.5. The number of benzene rings is 1. The molecule has 2 nitrogen and oxygen atoms in total. The minimum absolute atomic E-state index is 0.313. The van der Waals surface area contributed by atoms with Gasteiger partial charge in [-0.3, -0.25) is 0 Å². The summed E-state index contributed by atoms with van der Waals surface area (Å²) < 4.78 is 5.48. The molecule has 2 heteroatoms. The van der Waals surface area contributed by atoms with Crippen molar-refractivity contribution in [2.75, 3.05) is 7.11 Å². The normalized spacial score (nSPS) is 14.6. The van der Waals surface area contributed by atoms with E-state index >= 15 is 0 Å². The van der Waals surface area contributed by atoms with Crippen molar-refractivity contribution >= 4 is 0 Å². The Hall–Kier alpha value is -1.02. The highest BCUT2D eigenvalue weighted by Gasteiger charge is 2.17. The van der Waals surface area contributed by atoms with Crippen molar-refractivity contribution in [1.82, 2.24) is 5.32 Å². The van der Waals surface area contributed by atoms with Crippen molar-refractivity contribution in [2.45, 2.75) is 53.1 Å². The third-order valence-corrected chi connectivity index (χ3v) is 3.56. The molecule has 0 aliphatic rings. The van der Waals surface area contributed by atoms with Crippen molar-refractivity contribution in [1.29, 1.82) is 0 Å². The molecule has 2 unspecified atom stereocenters. The summed E-state index contributed by atoms with van der Waals surface area (Å²) in [5, 5.41) is 3.70. The Morgan fingerprint density at radius 2 is 1.89 bits per heavy atom. The standard InChI is InChI=1S/C16H27NO/c1-7-15(11(2)3)17-13(5)14-9-8-12(4)10-16(14)18-6/h8-11,13,15,17H,7H2,1-6H3. The molecule has 0 aliphatic carbocycles. The van der Waals surface area contributed by atoms with Gasteiger partial charge in [0.2, 0.25) is 0 Å². The molecule has 0 aliphatic heterocycles. The van der Waals surface area contributed by atoms with E-state index in [0.29, 0.717) is 18.0 Å². The Kier molecular flexibility index (Phi) is 5.67. The van der Waals surface area contributed by atoms with Crippen LogP contribution in [0.4, 0.5) is 0 Å². The van der Waals surface area contributed by atoms with Crippen molar-refractivity contribution in [3.8, 4) is 5.75 Å². The quantitative estimate of drug-likeness (QED) is 0.820. The molecule has 1 N–H and O–H groups in total. The van der Waals surface area contributed by atoms with Gasteiger partial charge in [0.15, 0.2) is 0 Å².